The van der Waals surface area contributed by atoms with Crippen molar-refractivity contribution in [2.45, 2.75) is 130 Å². The standard InChI is InChI=1S/C33H62N4O2/c1-22(2)37-30(39)11-8-23(3)26-9-10-27-31-28(13-15-33(26,27)5)32(4)14-12-25(20-24(32)21-29(31)38)36-19-7-18-35-17-6-16-34/h22-29,31,35-36,38H,6-21,34H2,1-5H3,(H,37,39)/t23-,24?,25+,26-,27?,28?,29-,31?,32+,33-/m1/s1. The first-order valence-corrected chi connectivity index (χ1v) is 16.7. The molecule has 0 spiro atoms. The average molecular weight is 547 g/mol. The third-order valence-electron chi connectivity index (χ3n) is 12.2. The lowest BCUT2D eigenvalue weighted by atomic mass is 9.43. The van der Waals surface area contributed by atoms with Crippen molar-refractivity contribution in [3.05, 3.63) is 0 Å². The first kappa shape index (κ1) is 31.3. The van der Waals surface area contributed by atoms with Crippen LogP contribution >= 0.6 is 0 Å². The van der Waals surface area contributed by atoms with Crippen LogP contribution in [0.2, 0.25) is 0 Å². The first-order valence-electron chi connectivity index (χ1n) is 16.7. The fourth-order valence-electron chi connectivity index (χ4n) is 10.2. The van der Waals surface area contributed by atoms with Crippen LogP contribution in [-0.4, -0.2) is 55.4 Å². The van der Waals surface area contributed by atoms with Crippen molar-refractivity contribution in [1.29, 1.82) is 0 Å². The quantitative estimate of drug-likeness (QED) is 0.213. The normalized spacial score (nSPS) is 40.6. The van der Waals surface area contributed by atoms with Gasteiger partial charge in [-0.25, -0.2) is 0 Å². The summed E-state index contributed by atoms with van der Waals surface area (Å²) in [5.74, 6) is 3.87. The highest BCUT2D eigenvalue weighted by Gasteiger charge is 2.62. The van der Waals surface area contributed by atoms with E-state index in [1.54, 1.807) is 0 Å². The van der Waals surface area contributed by atoms with Gasteiger partial charge in [0.1, 0.15) is 0 Å². The van der Waals surface area contributed by atoms with Gasteiger partial charge in [-0.3, -0.25) is 4.79 Å². The summed E-state index contributed by atoms with van der Waals surface area (Å²) in [6.07, 6.45) is 13.7. The van der Waals surface area contributed by atoms with E-state index >= 15 is 0 Å². The maximum Gasteiger partial charge on any atom is 0.220 e. The number of carbonyl (C=O) groups excluding carboxylic acids is 1. The minimum absolute atomic E-state index is 0.144. The Morgan fingerprint density at radius 1 is 0.949 bits per heavy atom. The molecule has 4 saturated carbocycles. The molecule has 10 atom stereocenters. The Balaban J connectivity index is 1.32. The Morgan fingerprint density at radius 2 is 1.67 bits per heavy atom. The summed E-state index contributed by atoms with van der Waals surface area (Å²) in [6.45, 7) is 15.6. The number of amides is 1. The lowest BCUT2D eigenvalue weighted by Gasteiger charge is -2.62. The molecule has 6 nitrogen and oxygen atoms in total. The molecule has 4 aliphatic rings. The van der Waals surface area contributed by atoms with Crippen LogP contribution in [0.4, 0.5) is 0 Å². The Hall–Kier alpha value is -0.690. The third kappa shape index (κ3) is 6.87. The zero-order valence-corrected chi connectivity index (χ0v) is 25.9. The van der Waals surface area contributed by atoms with Crippen molar-refractivity contribution >= 4 is 5.91 Å². The molecule has 1 amide bonds. The van der Waals surface area contributed by atoms with Gasteiger partial charge in [0.2, 0.25) is 5.91 Å². The third-order valence-corrected chi connectivity index (χ3v) is 12.2. The predicted molar refractivity (Wildman–Crippen MR) is 161 cm³/mol. The van der Waals surface area contributed by atoms with E-state index in [0.717, 1.165) is 45.4 Å². The van der Waals surface area contributed by atoms with E-state index < -0.39 is 0 Å². The van der Waals surface area contributed by atoms with Crippen LogP contribution in [0.1, 0.15) is 112 Å². The van der Waals surface area contributed by atoms with Crippen molar-refractivity contribution in [2.24, 2.45) is 52.1 Å². The van der Waals surface area contributed by atoms with E-state index in [0.29, 0.717) is 58.8 Å². The Morgan fingerprint density at radius 3 is 2.41 bits per heavy atom. The highest BCUT2D eigenvalue weighted by Crippen LogP contribution is 2.68. The second-order valence-corrected chi connectivity index (χ2v) is 14.9. The zero-order chi connectivity index (χ0) is 28.2. The molecule has 6 N–H and O–H groups in total. The number of nitrogens with two attached hydrogens (primary N) is 1. The lowest BCUT2D eigenvalue weighted by Crippen LogP contribution is -2.59. The second-order valence-electron chi connectivity index (χ2n) is 14.9. The lowest BCUT2D eigenvalue weighted by molar-refractivity contribution is -0.167. The Kier molecular flexibility index (Phi) is 10.8. The molecule has 0 aromatic heterocycles. The first-order chi connectivity index (χ1) is 18.6. The smallest absolute Gasteiger partial charge is 0.220 e. The largest absolute Gasteiger partial charge is 0.393 e. The molecular formula is C33H62N4O2. The van der Waals surface area contributed by atoms with Gasteiger partial charge in [-0.05, 0) is 157 Å². The topological polar surface area (TPSA) is 99.4 Å². The maximum atomic E-state index is 12.3. The summed E-state index contributed by atoms with van der Waals surface area (Å²) in [4.78, 5) is 12.3. The molecule has 39 heavy (non-hydrogen) atoms. The van der Waals surface area contributed by atoms with Crippen molar-refractivity contribution in [2.75, 3.05) is 26.2 Å². The molecular weight excluding hydrogens is 484 g/mol. The van der Waals surface area contributed by atoms with Gasteiger partial charge in [0.15, 0.2) is 0 Å². The van der Waals surface area contributed by atoms with E-state index in [1.165, 1.54) is 51.4 Å². The molecule has 4 aliphatic carbocycles. The number of nitrogens with one attached hydrogen (secondary N) is 3. The van der Waals surface area contributed by atoms with Crippen molar-refractivity contribution in [3.8, 4) is 0 Å². The summed E-state index contributed by atoms with van der Waals surface area (Å²) in [5, 5.41) is 22.1. The number of aliphatic hydroxyl groups excluding tert-OH is 1. The van der Waals surface area contributed by atoms with Crippen LogP contribution in [0.25, 0.3) is 0 Å². The summed E-state index contributed by atoms with van der Waals surface area (Å²) in [5.41, 5.74) is 6.28. The summed E-state index contributed by atoms with van der Waals surface area (Å²) in [6, 6.07) is 0.823. The summed E-state index contributed by atoms with van der Waals surface area (Å²) >= 11 is 0. The fourth-order valence-corrected chi connectivity index (χ4v) is 10.2. The summed E-state index contributed by atoms with van der Waals surface area (Å²) in [7, 11) is 0. The fraction of sp³-hybridized carbons (Fsp3) is 0.970. The average Bonchev–Trinajstić information content (AvgIpc) is 3.24. The van der Waals surface area contributed by atoms with Crippen LogP contribution < -0.4 is 21.7 Å². The molecule has 6 heteroatoms. The second kappa shape index (κ2) is 13.5. The predicted octanol–water partition coefficient (Wildman–Crippen LogP) is 4.84. The molecule has 0 radical (unpaired) electrons. The van der Waals surface area contributed by atoms with Crippen LogP contribution in [0, 0.1) is 46.3 Å². The van der Waals surface area contributed by atoms with Gasteiger partial charge in [-0.15, -0.1) is 0 Å². The molecule has 0 aromatic rings. The van der Waals surface area contributed by atoms with Gasteiger partial charge in [0, 0.05) is 18.5 Å². The molecule has 4 unspecified atom stereocenters. The van der Waals surface area contributed by atoms with Gasteiger partial charge >= 0.3 is 0 Å². The van der Waals surface area contributed by atoms with E-state index in [9.17, 15) is 9.90 Å². The monoisotopic (exact) mass is 546 g/mol. The number of fused-ring (bicyclic) bond motifs is 5. The van der Waals surface area contributed by atoms with Crippen LogP contribution in [-0.2, 0) is 4.79 Å². The molecule has 0 aromatic carbocycles. The molecule has 0 heterocycles. The molecule has 226 valence electrons. The van der Waals surface area contributed by atoms with Gasteiger partial charge in [-0.2, -0.15) is 0 Å². The minimum atomic E-state index is -0.144. The minimum Gasteiger partial charge on any atom is -0.393 e. The van der Waals surface area contributed by atoms with Crippen molar-refractivity contribution in [3.63, 3.8) is 0 Å². The Labute approximate surface area is 239 Å². The van der Waals surface area contributed by atoms with Crippen molar-refractivity contribution in [1.82, 2.24) is 16.0 Å². The van der Waals surface area contributed by atoms with Crippen LogP contribution in [0.5, 0.6) is 0 Å². The number of aliphatic hydroxyl groups is 1. The molecule has 4 fully saturated rings. The van der Waals surface area contributed by atoms with E-state index in [2.05, 4.69) is 36.7 Å². The SMILES string of the molecule is CC(C)NC(=O)CC[C@@H](C)[C@H]1CCC2C3C(CC[C@@]21C)[C@@]1(C)CC[C@H](NCCCNCCCN)CC1C[C@H]3O. The molecule has 0 aliphatic heterocycles. The number of hydrogen-bond donors (Lipinski definition) is 5. The number of carbonyl (C=O) groups is 1. The van der Waals surface area contributed by atoms with E-state index in [4.69, 9.17) is 5.73 Å². The highest BCUT2D eigenvalue weighted by molar-refractivity contribution is 5.76. The van der Waals surface area contributed by atoms with Gasteiger partial charge in [-0.1, -0.05) is 20.8 Å². The maximum absolute atomic E-state index is 12.3. The van der Waals surface area contributed by atoms with Gasteiger partial charge < -0.3 is 26.8 Å². The van der Waals surface area contributed by atoms with Crippen molar-refractivity contribution < 1.29 is 9.90 Å². The number of hydrogen-bond acceptors (Lipinski definition) is 5. The van der Waals surface area contributed by atoms with Crippen LogP contribution in [0.3, 0.4) is 0 Å². The van der Waals surface area contributed by atoms with E-state index in [1.807, 2.05) is 13.8 Å². The Bertz CT molecular complexity index is 792. The van der Waals surface area contributed by atoms with E-state index in [-0.39, 0.29) is 18.1 Å². The van der Waals surface area contributed by atoms with Gasteiger partial charge in [0.25, 0.3) is 0 Å². The van der Waals surface area contributed by atoms with Gasteiger partial charge in [0.05, 0.1) is 6.10 Å². The molecule has 4 rings (SSSR count). The highest BCUT2D eigenvalue weighted by atomic mass is 16.3. The molecule has 0 saturated heterocycles. The van der Waals surface area contributed by atoms with Crippen LogP contribution in [0.15, 0.2) is 0 Å². The molecule has 0 bridgehead atoms. The zero-order valence-electron chi connectivity index (χ0n) is 25.9. The number of rotatable bonds is 13. The summed E-state index contributed by atoms with van der Waals surface area (Å²) < 4.78 is 0.